The Hall–Kier alpha value is -2.93. The quantitative estimate of drug-likeness (QED) is 0.728. The number of aromatic nitrogens is 2. The van der Waals surface area contributed by atoms with Gasteiger partial charge in [-0.25, -0.2) is 4.79 Å². The molecule has 7 heteroatoms. The molecular formula is C17H16N4O2S. The third-order valence-corrected chi connectivity index (χ3v) is 3.91. The van der Waals surface area contributed by atoms with E-state index in [0.717, 1.165) is 16.3 Å². The summed E-state index contributed by atoms with van der Waals surface area (Å²) in [6.07, 6.45) is 0. The highest BCUT2D eigenvalue weighted by molar-refractivity contribution is 7.14. The number of carbonyl (C=O) groups excluding carboxylic acids is 1. The van der Waals surface area contributed by atoms with Crippen molar-refractivity contribution < 1.29 is 9.53 Å². The Bertz CT molecular complexity index is 786. The Labute approximate surface area is 143 Å². The predicted molar refractivity (Wildman–Crippen MR) is 95.6 cm³/mol. The highest BCUT2D eigenvalue weighted by Crippen LogP contribution is 2.21. The number of thiophene rings is 1. The van der Waals surface area contributed by atoms with Crippen LogP contribution in [-0.2, 0) is 0 Å². The first-order valence-corrected chi connectivity index (χ1v) is 8.31. The van der Waals surface area contributed by atoms with E-state index in [1.165, 1.54) is 11.3 Å². The summed E-state index contributed by atoms with van der Waals surface area (Å²) in [6.45, 7) is 2.46. The van der Waals surface area contributed by atoms with Crippen LogP contribution in [0.25, 0.3) is 11.3 Å². The zero-order chi connectivity index (χ0) is 16.8. The predicted octanol–water partition coefficient (Wildman–Crippen LogP) is 4.25. The molecular weight excluding hydrogens is 324 g/mol. The number of nitrogens with one attached hydrogen (secondary N) is 2. The number of amides is 2. The topological polar surface area (TPSA) is 76.1 Å². The van der Waals surface area contributed by atoms with Crippen LogP contribution in [0.5, 0.6) is 5.88 Å². The largest absolute Gasteiger partial charge is 0.477 e. The second kappa shape index (κ2) is 7.56. The van der Waals surface area contributed by atoms with E-state index in [4.69, 9.17) is 4.74 Å². The van der Waals surface area contributed by atoms with Crippen LogP contribution < -0.4 is 15.4 Å². The molecule has 0 bridgehead atoms. The number of hydrogen-bond acceptors (Lipinski definition) is 5. The minimum atomic E-state index is -0.272. The fraction of sp³-hybridized carbons (Fsp3) is 0.118. The Morgan fingerprint density at radius 2 is 1.92 bits per heavy atom. The summed E-state index contributed by atoms with van der Waals surface area (Å²) >= 11 is 1.47. The van der Waals surface area contributed by atoms with E-state index in [9.17, 15) is 4.79 Å². The lowest BCUT2D eigenvalue weighted by atomic mass is 10.1. The first-order chi connectivity index (χ1) is 11.7. The monoisotopic (exact) mass is 340 g/mol. The summed E-state index contributed by atoms with van der Waals surface area (Å²) in [6, 6.07) is 14.5. The Balaban J connectivity index is 1.63. The van der Waals surface area contributed by atoms with Gasteiger partial charge in [0, 0.05) is 17.3 Å². The van der Waals surface area contributed by atoms with Gasteiger partial charge >= 0.3 is 6.03 Å². The number of rotatable bonds is 5. The van der Waals surface area contributed by atoms with Crippen LogP contribution >= 0.6 is 11.3 Å². The summed E-state index contributed by atoms with van der Waals surface area (Å²) in [7, 11) is 0. The van der Waals surface area contributed by atoms with Gasteiger partial charge in [0.2, 0.25) is 5.88 Å². The van der Waals surface area contributed by atoms with Gasteiger partial charge in [-0.1, -0.05) is 12.1 Å². The van der Waals surface area contributed by atoms with Crippen molar-refractivity contribution in [3.63, 3.8) is 0 Å². The fourth-order valence-electron chi connectivity index (χ4n) is 2.05. The van der Waals surface area contributed by atoms with Gasteiger partial charge in [0.05, 0.1) is 17.3 Å². The lowest BCUT2D eigenvalue weighted by Gasteiger charge is -2.07. The number of anilines is 2. The highest BCUT2D eigenvalue weighted by Gasteiger charge is 2.05. The number of ether oxygens (including phenoxy) is 1. The molecule has 6 nitrogen and oxygen atoms in total. The molecule has 3 aromatic rings. The molecule has 2 amide bonds. The second-order valence-electron chi connectivity index (χ2n) is 4.82. The van der Waals surface area contributed by atoms with Crippen LogP contribution in [0.3, 0.4) is 0 Å². The van der Waals surface area contributed by atoms with Gasteiger partial charge in [0.25, 0.3) is 0 Å². The molecule has 122 valence electrons. The fourth-order valence-corrected chi connectivity index (χ4v) is 2.66. The van der Waals surface area contributed by atoms with Gasteiger partial charge in [-0.3, -0.25) is 5.32 Å². The van der Waals surface area contributed by atoms with Crippen LogP contribution in [0.4, 0.5) is 15.5 Å². The molecule has 0 saturated carbocycles. The molecule has 24 heavy (non-hydrogen) atoms. The van der Waals surface area contributed by atoms with E-state index >= 15 is 0 Å². The lowest BCUT2D eigenvalue weighted by molar-refractivity contribution is 0.262. The van der Waals surface area contributed by atoms with Crippen molar-refractivity contribution in [1.29, 1.82) is 0 Å². The number of urea groups is 1. The molecule has 2 aromatic heterocycles. The van der Waals surface area contributed by atoms with Crippen LogP contribution in [0, 0.1) is 0 Å². The lowest BCUT2D eigenvalue weighted by Crippen LogP contribution is -2.18. The molecule has 0 spiro atoms. The van der Waals surface area contributed by atoms with Crippen molar-refractivity contribution in [2.24, 2.45) is 0 Å². The first-order valence-electron chi connectivity index (χ1n) is 7.43. The number of hydrogen-bond donors (Lipinski definition) is 2. The van der Waals surface area contributed by atoms with E-state index in [0.29, 0.717) is 18.2 Å². The standard InChI is InChI=1S/C17H16N4O2S/c1-2-23-15-10-9-14(20-21-15)12-5-7-13(8-6-12)18-17(22)19-16-4-3-11-24-16/h3-11H,2H2,1H3,(H2,18,19,22). The molecule has 0 fully saturated rings. The molecule has 3 rings (SSSR count). The Kier molecular flexibility index (Phi) is 5.02. The van der Waals surface area contributed by atoms with Crippen molar-refractivity contribution >= 4 is 28.1 Å². The van der Waals surface area contributed by atoms with Gasteiger partial charge in [0.15, 0.2) is 0 Å². The smallest absolute Gasteiger partial charge is 0.324 e. The number of nitrogens with zero attached hydrogens (tertiary/aromatic N) is 2. The molecule has 0 saturated heterocycles. The molecule has 0 unspecified atom stereocenters. The van der Waals surface area contributed by atoms with Crippen LogP contribution in [0.1, 0.15) is 6.92 Å². The SMILES string of the molecule is CCOc1ccc(-c2ccc(NC(=O)Nc3cccs3)cc2)nn1. The Morgan fingerprint density at radius 1 is 1.08 bits per heavy atom. The average molecular weight is 340 g/mol. The summed E-state index contributed by atoms with van der Waals surface area (Å²) < 4.78 is 5.28. The first kappa shape index (κ1) is 15.9. The highest BCUT2D eigenvalue weighted by atomic mass is 32.1. The van der Waals surface area contributed by atoms with E-state index in [1.807, 2.05) is 54.8 Å². The molecule has 1 aromatic carbocycles. The third kappa shape index (κ3) is 4.08. The average Bonchev–Trinajstić information content (AvgIpc) is 3.09. The summed E-state index contributed by atoms with van der Waals surface area (Å²) in [5, 5.41) is 16.4. The van der Waals surface area contributed by atoms with E-state index < -0.39 is 0 Å². The van der Waals surface area contributed by atoms with Crippen LogP contribution in [0.15, 0.2) is 53.9 Å². The Morgan fingerprint density at radius 3 is 2.54 bits per heavy atom. The molecule has 0 radical (unpaired) electrons. The van der Waals surface area contributed by atoms with E-state index in [2.05, 4.69) is 20.8 Å². The van der Waals surface area contributed by atoms with Crippen molar-refractivity contribution in [1.82, 2.24) is 10.2 Å². The van der Waals surface area contributed by atoms with Crippen LogP contribution in [0.2, 0.25) is 0 Å². The second-order valence-corrected chi connectivity index (χ2v) is 5.77. The van der Waals surface area contributed by atoms with Gasteiger partial charge in [-0.15, -0.1) is 21.5 Å². The maximum absolute atomic E-state index is 11.9. The minimum absolute atomic E-state index is 0.272. The van der Waals surface area contributed by atoms with E-state index in [-0.39, 0.29) is 6.03 Å². The minimum Gasteiger partial charge on any atom is -0.477 e. The van der Waals surface area contributed by atoms with Gasteiger partial charge in [-0.2, -0.15) is 0 Å². The molecule has 0 atom stereocenters. The number of benzene rings is 1. The molecule has 0 aliphatic heterocycles. The molecule has 0 aliphatic rings. The van der Waals surface area contributed by atoms with Crippen molar-refractivity contribution in [3.05, 3.63) is 53.9 Å². The summed E-state index contributed by atoms with van der Waals surface area (Å²) in [5.41, 5.74) is 2.36. The van der Waals surface area contributed by atoms with Gasteiger partial charge < -0.3 is 10.1 Å². The summed E-state index contributed by atoms with van der Waals surface area (Å²) in [4.78, 5) is 11.9. The molecule has 0 aliphatic carbocycles. The van der Waals surface area contributed by atoms with Crippen LogP contribution in [-0.4, -0.2) is 22.8 Å². The molecule has 2 N–H and O–H groups in total. The molecule has 2 heterocycles. The zero-order valence-corrected chi connectivity index (χ0v) is 13.8. The van der Waals surface area contributed by atoms with Crippen molar-refractivity contribution in [2.75, 3.05) is 17.2 Å². The van der Waals surface area contributed by atoms with Crippen molar-refractivity contribution in [3.8, 4) is 17.1 Å². The number of carbonyl (C=O) groups is 1. The normalized spacial score (nSPS) is 10.2. The van der Waals surface area contributed by atoms with E-state index in [1.54, 1.807) is 6.07 Å². The zero-order valence-electron chi connectivity index (χ0n) is 13.0. The maximum atomic E-state index is 11.9. The maximum Gasteiger partial charge on any atom is 0.324 e. The van der Waals surface area contributed by atoms with Gasteiger partial charge in [-0.05, 0) is 42.6 Å². The van der Waals surface area contributed by atoms with Gasteiger partial charge in [0.1, 0.15) is 0 Å². The van der Waals surface area contributed by atoms with Crippen molar-refractivity contribution in [2.45, 2.75) is 6.92 Å². The third-order valence-electron chi connectivity index (χ3n) is 3.13. The summed E-state index contributed by atoms with van der Waals surface area (Å²) in [5.74, 6) is 0.504.